The molecule has 0 aliphatic heterocycles. The first-order valence-electron chi connectivity index (χ1n) is 4.95. The van der Waals surface area contributed by atoms with Gasteiger partial charge in [-0.25, -0.2) is 4.98 Å². The van der Waals surface area contributed by atoms with Crippen LogP contribution in [0, 0.1) is 0 Å². The summed E-state index contributed by atoms with van der Waals surface area (Å²) in [7, 11) is 0. The number of pyridine rings is 2. The van der Waals surface area contributed by atoms with Crippen molar-refractivity contribution in [2.24, 2.45) is 0 Å². The lowest BCUT2D eigenvalue weighted by molar-refractivity contribution is 0.832. The molecule has 0 saturated carbocycles. The van der Waals surface area contributed by atoms with Crippen LogP contribution in [0.15, 0.2) is 48.8 Å². The number of rotatable bonds is 3. The van der Waals surface area contributed by atoms with Crippen molar-refractivity contribution >= 4 is 5.82 Å². The first kappa shape index (κ1) is 9.65. The first-order chi connectivity index (χ1) is 7.36. The van der Waals surface area contributed by atoms with Gasteiger partial charge in [0.25, 0.3) is 0 Å². The molecular formula is C12H13N3. The van der Waals surface area contributed by atoms with Crippen LogP contribution in [0.2, 0.25) is 0 Å². The Morgan fingerprint density at radius 1 is 1.00 bits per heavy atom. The first-order valence-corrected chi connectivity index (χ1v) is 4.95. The van der Waals surface area contributed by atoms with Crippen LogP contribution in [-0.2, 0) is 0 Å². The van der Waals surface area contributed by atoms with E-state index in [0.29, 0.717) is 0 Å². The second kappa shape index (κ2) is 4.55. The molecule has 2 aromatic heterocycles. The highest BCUT2D eigenvalue weighted by Gasteiger charge is 2.05. The summed E-state index contributed by atoms with van der Waals surface area (Å²) in [6, 6.07) is 11.9. The number of hydrogen-bond donors (Lipinski definition) is 1. The van der Waals surface area contributed by atoms with Gasteiger partial charge < -0.3 is 5.32 Å². The largest absolute Gasteiger partial charge is 0.362 e. The summed E-state index contributed by atoms with van der Waals surface area (Å²) in [5.41, 5.74) is 1.02. The molecule has 0 aliphatic rings. The number of nitrogens with one attached hydrogen (secondary N) is 1. The molecule has 0 aliphatic carbocycles. The van der Waals surface area contributed by atoms with Gasteiger partial charge in [-0.15, -0.1) is 0 Å². The van der Waals surface area contributed by atoms with Crippen LogP contribution in [0.1, 0.15) is 18.7 Å². The predicted molar refractivity (Wildman–Crippen MR) is 60.5 cm³/mol. The van der Waals surface area contributed by atoms with E-state index in [-0.39, 0.29) is 6.04 Å². The number of hydrogen-bond acceptors (Lipinski definition) is 3. The van der Waals surface area contributed by atoms with Crippen molar-refractivity contribution in [2.75, 3.05) is 5.32 Å². The maximum atomic E-state index is 4.28. The van der Waals surface area contributed by atoms with Gasteiger partial charge in [-0.1, -0.05) is 12.1 Å². The molecule has 3 nitrogen and oxygen atoms in total. The van der Waals surface area contributed by atoms with Gasteiger partial charge in [0, 0.05) is 12.4 Å². The summed E-state index contributed by atoms with van der Waals surface area (Å²) in [5, 5.41) is 3.28. The third kappa shape index (κ3) is 2.53. The molecule has 0 radical (unpaired) electrons. The van der Waals surface area contributed by atoms with E-state index in [1.165, 1.54) is 0 Å². The van der Waals surface area contributed by atoms with E-state index in [1.54, 1.807) is 12.4 Å². The molecular weight excluding hydrogens is 186 g/mol. The molecule has 2 rings (SSSR count). The standard InChI is InChI=1S/C12H13N3/c1-10(11-6-2-4-8-13-11)15-12-7-3-5-9-14-12/h2-10H,1H3,(H,14,15)/t10-/m0/s1. The zero-order chi connectivity index (χ0) is 10.5. The molecule has 2 aromatic rings. The fourth-order valence-corrected chi connectivity index (χ4v) is 1.38. The summed E-state index contributed by atoms with van der Waals surface area (Å²) in [5.74, 6) is 0.871. The lowest BCUT2D eigenvalue weighted by Gasteiger charge is -2.13. The molecule has 0 spiro atoms. The highest BCUT2D eigenvalue weighted by atomic mass is 15.0. The van der Waals surface area contributed by atoms with E-state index in [2.05, 4.69) is 22.2 Å². The van der Waals surface area contributed by atoms with Crippen molar-refractivity contribution in [1.29, 1.82) is 0 Å². The smallest absolute Gasteiger partial charge is 0.126 e. The molecule has 2 heterocycles. The van der Waals surface area contributed by atoms with E-state index in [4.69, 9.17) is 0 Å². The fraction of sp³-hybridized carbons (Fsp3) is 0.167. The van der Waals surface area contributed by atoms with Crippen LogP contribution >= 0.6 is 0 Å². The zero-order valence-electron chi connectivity index (χ0n) is 8.59. The molecule has 0 saturated heterocycles. The molecule has 0 aromatic carbocycles. The van der Waals surface area contributed by atoms with Gasteiger partial charge in [-0.05, 0) is 31.2 Å². The van der Waals surface area contributed by atoms with Crippen LogP contribution in [0.25, 0.3) is 0 Å². The van der Waals surface area contributed by atoms with Gasteiger partial charge in [0.05, 0.1) is 11.7 Å². The van der Waals surface area contributed by atoms with Crippen LogP contribution < -0.4 is 5.32 Å². The fourth-order valence-electron chi connectivity index (χ4n) is 1.38. The molecule has 0 unspecified atom stereocenters. The van der Waals surface area contributed by atoms with E-state index < -0.39 is 0 Å². The minimum Gasteiger partial charge on any atom is -0.362 e. The van der Waals surface area contributed by atoms with Gasteiger partial charge in [-0.3, -0.25) is 4.98 Å². The predicted octanol–water partition coefficient (Wildman–Crippen LogP) is 2.65. The van der Waals surface area contributed by atoms with Gasteiger partial charge in [-0.2, -0.15) is 0 Å². The maximum absolute atomic E-state index is 4.28. The highest BCUT2D eigenvalue weighted by Crippen LogP contribution is 2.14. The Morgan fingerprint density at radius 3 is 2.33 bits per heavy atom. The average Bonchev–Trinajstić information content (AvgIpc) is 2.31. The molecule has 1 atom stereocenters. The Balaban J connectivity index is 2.08. The molecule has 0 bridgehead atoms. The quantitative estimate of drug-likeness (QED) is 0.825. The summed E-state index contributed by atoms with van der Waals surface area (Å²) in [4.78, 5) is 8.49. The Morgan fingerprint density at radius 2 is 1.73 bits per heavy atom. The van der Waals surface area contributed by atoms with E-state index in [1.807, 2.05) is 36.4 Å². The third-order valence-corrected chi connectivity index (χ3v) is 2.16. The number of nitrogens with zero attached hydrogens (tertiary/aromatic N) is 2. The summed E-state index contributed by atoms with van der Waals surface area (Å²) in [6.45, 7) is 2.07. The summed E-state index contributed by atoms with van der Waals surface area (Å²) in [6.07, 6.45) is 3.57. The van der Waals surface area contributed by atoms with Crippen molar-refractivity contribution in [2.45, 2.75) is 13.0 Å². The maximum Gasteiger partial charge on any atom is 0.126 e. The topological polar surface area (TPSA) is 37.8 Å². The molecule has 1 N–H and O–H groups in total. The molecule has 3 heteroatoms. The van der Waals surface area contributed by atoms with Crippen molar-refractivity contribution in [3.05, 3.63) is 54.5 Å². The van der Waals surface area contributed by atoms with Crippen molar-refractivity contribution in [3.63, 3.8) is 0 Å². The SMILES string of the molecule is C[C@H](Nc1ccccn1)c1ccccn1. The Kier molecular flexibility index (Phi) is 2.93. The summed E-state index contributed by atoms with van der Waals surface area (Å²) < 4.78 is 0. The van der Waals surface area contributed by atoms with Crippen LogP contribution in [0.3, 0.4) is 0 Å². The van der Waals surface area contributed by atoms with Crippen molar-refractivity contribution in [3.8, 4) is 0 Å². The molecule has 15 heavy (non-hydrogen) atoms. The lowest BCUT2D eigenvalue weighted by atomic mass is 10.2. The van der Waals surface area contributed by atoms with E-state index in [9.17, 15) is 0 Å². The second-order valence-electron chi connectivity index (χ2n) is 3.34. The number of anilines is 1. The van der Waals surface area contributed by atoms with Gasteiger partial charge in [0.15, 0.2) is 0 Å². The Bertz CT molecular complexity index is 400. The van der Waals surface area contributed by atoms with Gasteiger partial charge in [0.1, 0.15) is 5.82 Å². The summed E-state index contributed by atoms with van der Waals surface area (Å²) >= 11 is 0. The van der Waals surface area contributed by atoms with E-state index in [0.717, 1.165) is 11.5 Å². The van der Waals surface area contributed by atoms with Gasteiger partial charge >= 0.3 is 0 Å². The Labute approximate surface area is 89.2 Å². The second-order valence-corrected chi connectivity index (χ2v) is 3.34. The van der Waals surface area contributed by atoms with Gasteiger partial charge in [0.2, 0.25) is 0 Å². The molecule has 76 valence electrons. The molecule has 0 amide bonds. The Hall–Kier alpha value is -1.90. The van der Waals surface area contributed by atoms with E-state index >= 15 is 0 Å². The normalized spacial score (nSPS) is 12.1. The molecule has 0 fully saturated rings. The minimum atomic E-state index is 0.168. The van der Waals surface area contributed by atoms with Crippen molar-refractivity contribution in [1.82, 2.24) is 9.97 Å². The van der Waals surface area contributed by atoms with Crippen LogP contribution in [0.4, 0.5) is 5.82 Å². The third-order valence-electron chi connectivity index (χ3n) is 2.16. The van der Waals surface area contributed by atoms with Crippen LogP contribution in [-0.4, -0.2) is 9.97 Å². The monoisotopic (exact) mass is 199 g/mol. The highest BCUT2D eigenvalue weighted by molar-refractivity contribution is 5.35. The minimum absolute atomic E-state index is 0.168. The lowest BCUT2D eigenvalue weighted by Crippen LogP contribution is -2.08. The van der Waals surface area contributed by atoms with Crippen LogP contribution in [0.5, 0.6) is 0 Å². The average molecular weight is 199 g/mol. The zero-order valence-corrected chi connectivity index (χ0v) is 8.59. The number of aromatic nitrogens is 2. The van der Waals surface area contributed by atoms with Crippen molar-refractivity contribution < 1.29 is 0 Å².